The van der Waals surface area contributed by atoms with Crippen LogP contribution in [0.3, 0.4) is 0 Å². The number of anilines is 1. The molecule has 0 spiro atoms. The molecule has 0 bridgehead atoms. The fourth-order valence-electron chi connectivity index (χ4n) is 2.49. The molecule has 1 aromatic rings. The third-order valence-corrected chi connectivity index (χ3v) is 5.20. The molecule has 0 atom stereocenters. The Balaban J connectivity index is 2.33. The van der Waals surface area contributed by atoms with E-state index in [0.717, 1.165) is 6.07 Å². The molecular weight excluding hydrogens is 406 g/mol. The van der Waals surface area contributed by atoms with Crippen molar-refractivity contribution in [1.82, 2.24) is 4.90 Å². The number of amides is 1. The smallest absolute Gasteiger partial charge is 0.296 e. The van der Waals surface area contributed by atoms with Crippen molar-refractivity contribution in [2.75, 3.05) is 31.6 Å². The minimum absolute atomic E-state index is 0.159. The van der Waals surface area contributed by atoms with Crippen molar-refractivity contribution in [2.45, 2.75) is 11.8 Å². The summed E-state index contributed by atoms with van der Waals surface area (Å²) in [6.45, 7) is 3.28. The highest BCUT2D eigenvalue weighted by Crippen LogP contribution is 2.22. The Morgan fingerprint density at radius 2 is 1.89 bits per heavy atom. The number of hydrogen-bond donors (Lipinski definition) is 4. The maximum absolute atomic E-state index is 12.6. The van der Waals surface area contributed by atoms with Gasteiger partial charge in [0.15, 0.2) is 5.78 Å². The second kappa shape index (κ2) is 9.24. The third kappa shape index (κ3) is 5.58. The Morgan fingerprint density at radius 1 is 1.29 bits per heavy atom. The molecule has 152 valence electrons. The first-order chi connectivity index (χ1) is 13.1. The van der Waals surface area contributed by atoms with E-state index in [0.29, 0.717) is 26.3 Å². The SMILES string of the molecule is CC(=O)/C(=C/C(S)=C(/N)N1CCOCC1)C(=O)Nc1ccccc1S(=O)(=O)O. The Morgan fingerprint density at radius 3 is 2.46 bits per heavy atom. The van der Waals surface area contributed by atoms with Crippen LogP contribution in [0, 0.1) is 0 Å². The van der Waals surface area contributed by atoms with E-state index < -0.39 is 26.7 Å². The van der Waals surface area contributed by atoms with Crippen molar-refractivity contribution in [2.24, 2.45) is 5.73 Å². The number of para-hydroxylation sites is 1. The van der Waals surface area contributed by atoms with E-state index in [1.54, 1.807) is 0 Å². The number of nitrogens with zero attached hydrogens (tertiary/aromatic N) is 1. The highest BCUT2D eigenvalue weighted by Gasteiger charge is 2.21. The summed E-state index contributed by atoms with van der Waals surface area (Å²) in [6, 6.07) is 5.28. The maximum Gasteiger partial charge on any atom is 0.296 e. The average Bonchev–Trinajstić information content (AvgIpc) is 2.65. The van der Waals surface area contributed by atoms with E-state index in [9.17, 15) is 22.6 Å². The lowest BCUT2D eigenvalue weighted by molar-refractivity contribution is -0.118. The summed E-state index contributed by atoms with van der Waals surface area (Å²) in [5, 5.41) is 2.32. The van der Waals surface area contributed by atoms with E-state index in [1.807, 2.05) is 4.90 Å². The van der Waals surface area contributed by atoms with Gasteiger partial charge in [0.2, 0.25) is 0 Å². The number of Topliss-reactive ketones (excluding diaryl/α,β-unsaturated/α-hetero) is 1. The zero-order valence-corrected chi connectivity index (χ0v) is 16.8. The summed E-state index contributed by atoms with van der Waals surface area (Å²) in [5.41, 5.74) is 5.62. The van der Waals surface area contributed by atoms with Crippen molar-refractivity contribution in [1.29, 1.82) is 0 Å². The lowest BCUT2D eigenvalue weighted by atomic mass is 10.1. The number of carbonyl (C=O) groups excluding carboxylic acids is 2. The Labute approximate surface area is 168 Å². The van der Waals surface area contributed by atoms with Gasteiger partial charge in [0.05, 0.1) is 24.5 Å². The van der Waals surface area contributed by atoms with E-state index in [1.165, 1.54) is 31.2 Å². The number of ether oxygens (including phenoxy) is 1. The first-order valence-electron chi connectivity index (χ1n) is 8.23. The van der Waals surface area contributed by atoms with Crippen LogP contribution in [-0.4, -0.2) is 55.9 Å². The topological polar surface area (TPSA) is 139 Å². The lowest BCUT2D eigenvalue weighted by Crippen LogP contribution is -2.38. The van der Waals surface area contributed by atoms with Gasteiger partial charge in [-0.2, -0.15) is 8.42 Å². The van der Waals surface area contributed by atoms with Crippen molar-refractivity contribution in [3.8, 4) is 0 Å². The van der Waals surface area contributed by atoms with Crippen molar-refractivity contribution in [3.63, 3.8) is 0 Å². The number of carbonyl (C=O) groups is 2. The Hall–Kier alpha value is -2.34. The van der Waals surface area contributed by atoms with Gasteiger partial charge in [-0.1, -0.05) is 12.1 Å². The summed E-state index contributed by atoms with van der Waals surface area (Å²) in [5.74, 6) is -1.13. The summed E-state index contributed by atoms with van der Waals surface area (Å²) in [7, 11) is -4.56. The number of benzene rings is 1. The molecule has 1 amide bonds. The van der Waals surface area contributed by atoms with Gasteiger partial charge < -0.3 is 20.7 Å². The highest BCUT2D eigenvalue weighted by molar-refractivity contribution is 7.86. The van der Waals surface area contributed by atoms with Crippen LogP contribution >= 0.6 is 12.6 Å². The molecule has 28 heavy (non-hydrogen) atoms. The van der Waals surface area contributed by atoms with Gasteiger partial charge in [-0.05, 0) is 25.1 Å². The zero-order chi connectivity index (χ0) is 20.9. The van der Waals surface area contributed by atoms with Crippen LogP contribution in [0.15, 0.2) is 51.5 Å². The fraction of sp³-hybridized carbons (Fsp3) is 0.294. The van der Waals surface area contributed by atoms with E-state index in [4.69, 9.17) is 10.5 Å². The number of thiol groups is 1. The van der Waals surface area contributed by atoms with Crippen LogP contribution in [0.25, 0.3) is 0 Å². The first kappa shape index (κ1) is 22.0. The minimum Gasteiger partial charge on any atom is -0.384 e. The van der Waals surface area contributed by atoms with E-state index >= 15 is 0 Å². The van der Waals surface area contributed by atoms with E-state index in [2.05, 4.69) is 17.9 Å². The number of morpholine rings is 1. The first-order valence-corrected chi connectivity index (χ1v) is 10.1. The zero-order valence-electron chi connectivity index (χ0n) is 15.1. The second-order valence-corrected chi connectivity index (χ2v) is 7.78. The van der Waals surface area contributed by atoms with Gasteiger partial charge in [-0.3, -0.25) is 14.1 Å². The number of rotatable bonds is 6. The quantitative estimate of drug-likeness (QED) is 0.130. The number of allylic oxidation sites excluding steroid dienone is 1. The number of nitrogens with one attached hydrogen (secondary N) is 1. The molecule has 0 unspecified atom stereocenters. The van der Waals surface area contributed by atoms with Crippen molar-refractivity contribution < 1.29 is 27.3 Å². The van der Waals surface area contributed by atoms with Crippen LogP contribution in [0.1, 0.15) is 6.92 Å². The summed E-state index contributed by atoms with van der Waals surface area (Å²) in [4.78, 5) is 26.1. The highest BCUT2D eigenvalue weighted by atomic mass is 32.2. The van der Waals surface area contributed by atoms with Crippen LogP contribution in [0.2, 0.25) is 0 Å². The van der Waals surface area contributed by atoms with Gasteiger partial charge >= 0.3 is 0 Å². The molecular formula is C17H21N3O6S2. The summed E-state index contributed by atoms with van der Waals surface area (Å²) >= 11 is 4.28. The molecule has 11 heteroatoms. The Bertz CT molecular complexity index is 934. The van der Waals surface area contributed by atoms with Crippen molar-refractivity contribution >= 4 is 40.1 Å². The van der Waals surface area contributed by atoms with Gasteiger partial charge in [-0.25, -0.2) is 0 Å². The monoisotopic (exact) mass is 427 g/mol. The molecule has 9 nitrogen and oxygen atoms in total. The van der Waals surface area contributed by atoms with Gasteiger partial charge in [0.25, 0.3) is 16.0 Å². The molecule has 1 saturated heterocycles. The standard InChI is InChI=1S/C17H21N3O6S2/c1-11(21)12(10-14(27)16(18)20-6-8-26-9-7-20)17(22)19-13-4-2-3-5-15(13)28(23,24)25/h2-5,10,27H,6-9,18H2,1H3,(H,19,22)(H,23,24,25)/b12-10-,16-14+. The maximum atomic E-state index is 12.6. The molecule has 0 aromatic heterocycles. The third-order valence-electron chi connectivity index (χ3n) is 3.93. The molecule has 0 radical (unpaired) electrons. The molecule has 1 fully saturated rings. The minimum atomic E-state index is -4.56. The normalized spacial score (nSPS) is 16.4. The molecule has 1 heterocycles. The second-order valence-electron chi connectivity index (χ2n) is 5.91. The summed E-state index contributed by atoms with van der Waals surface area (Å²) < 4.78 is 37.4. The van der Waals surface area contributed by atoms with Gasteiger partial charge in [-0.15, -0.1) is 12.6 Å². The number of hydrogen-bond acceptors (Lipinski definition) is 8. The molecule has 0 aliphatic carbocycles. The fourth-order valence-corrected chi connectivity index (χ4v) is 3.41. The molecule has 0 saturated carbocycles. The molecule has 1 aromatic carbocycles. The molecule has 1 aliphatic rings. The van der Waals surface area contributed by atoms with E-state index in [-0.39, 0.29) is 22.0 Å². The molecule has 2 rings (SSSR count). The van der Waals surface area contributed by atoms with Gasteiger partial charge in [0, 0.05) is 18.0 Å². The van der Waals surface area contributed by atoms with Gasteiger partial charge in [0.1, 0.15) is 10.7 Å². The lowest BCUT2D eigenvalue weighted by Gasteiger charge is -2.29. The van der Waals surface area contributed by atoms with Crippen molar-refractivity contribution in [3.05, 3.63) is 46.6 Å². The van der Waals surface area contributed by atoms with Crippen LogP contribution in [0.5, 0.6) is 0 Å². The Kier molecular flexibility index (Phi) is 7.24. The number of nitrogens with two attached hydrogens (primary N) is 1. The summed E-state index contributed by atoms with van der Waals surface area (Å²) in [6.07, 6.45) is 1.22. The van der Waals surface area contributed by atoms with Crippen LogP contribution in [0.4, 0.5) is 5.69 Å². The average molecular weight is 428 g/mol. The predicted molar refractivity (Wildman–Crippen MR) is 106 cm³/mol. The number of ketones is 1. The van der Waals surface area contributed by atoms with Crippen LogP contribution < -0.4 is 11.1 Å². The molecule has 1 aliphatic heterocycles. The molecule has 4 N–H and O–H groups in total. The largest absolute Gasteiger partial charge is 0.384 e. The van der Waals surface area contributed by atoms with Crippen LogP contribution in [-0.2, 0) is 24.4 Å². The predicted octanol–water partition coefficient (Wildman–Crippen LogP) is 0.777.